The molecule has 63 heavy (non-hydrogen) atoms. The van der Waals surface area contributed by atoms with Gasteiger partial charge in [0.25, 0.3) is 36.3 Å². The van der Waals surface area contributed by atoms with Crippen LogP contribution in [-0.2, 0) is 30.4 Å². The fourth-order valence-electron chi connectivity index (χ4n) is 5.76. The molecule has 0 fully saturated rings. The Morgan fingerprint density at radius 1 is 0.667 bits per heavy atom. The molecule has 0 aliphatic rings. The second kappa shape index (κ2) is 18.5. The van der Waals surface area contributed by atoms with Crippen LogP contribution in [0.25, 0.3) is 10.8 Å². The molecule has 6 aromatic carbocycles. The number of aryl methyl sites for hydroxylation is 2. The molecular formula is C40H36N8O12S3. The Hall–Kier alpha value is -7.02. The molecular weight excluding hydrogens is 881 g/mol. The first-order chi connectivity index (χ1) is 29.6. The molecule has 326 valence electrons. The van der Waals surface area contributed by atoms with Crippen molar-refractivity contribution in [3.05, 3.63) is 120 Å². The molecule has 23 heteroatoms. The van der Waals surface area contributed by atoms with Crippen LogP contribution in [0, 0.1) is 13.8 Å². The summed E-state index contributed by atoms with van der Waals surface area (Å²) in [5.74, 6) is -1.50. The van der Waals surface area contributed by atoms with Gasteiger partial charge in [0.2, 0.25) is 0 Å². The Morgan fingerprint density at radius 2 is 1.27 bits per heavy atom. The summed E-state index contributed by atoms with van der Waals surface area (Å²) in [6, 6.07) is 24.2. The zero-order valence-corrected chi connectivity index (χ0v) is 35.4. The van der Waals surface area contributed by atoms with Gasteiger partial charge in [-0.1, -0.05) is 0 Å². The van der Waals surface area contributed by atoms with Crippen molar-refractivity contribution in [3.63, 3.8) is 0 Å². The highest BCUT2D eigenvalue weighted by atomic mass is 32.2. The summed E-state index contributed by atoms with van der Waals surface area (Å²) in [6.07, 6.45) is -0.0646. The van der Waals surface area contributed by atoms with Gasteiger partial charge in [-0.05, 0) is 134 Å². The maximum absolute atomic E-state index is 12.8. The molecule has 0 spiro atoms. The number of amides is 1. The van der Waals surface area contributed by atoms with E-state index in [9.17, 15) is 44.3 Å². The van der Waals surface area contributed by atoms with E-state index < -0.39 is 58.3 Å². The van der Waals surface area contributed by atoms with E-state index in [1.54, 1.807) is 38.1 Å². The molecule has 0 bridgehead atoms. The molecule has 0 saturated carbocycles. The number of nitrogens with zero attached hydrogens (tertiary/aromatic N) is 6. The highest BCUT2D eigenvalue weighted by Gasteiger charge is 2.23. The third-order valence-electron chi connectivity index (χ3n) is 8.96. The van der Waals surface area contributed by atoms with E-state index in [1.807, 2.05) is 0 Å². The van der Waals surface area contributed by atoms with Crippen LogP contribution in [0.4, 0.5) is 45.5 Å². The van der Waals surface area contributed by atoms with E-state index in [0.29, 0.717) is 28.1 Å². The van der Waals surface area contributed by atoms with Crippen molar-refractivity contribution in [1.29, 1.82) is 0 Å². The second-order valence-corrected chi connectivity index (χ2v) is 18.1. The van der Waals surface area contributed by atoms with Crippen molar-refractivity contribution in [3.8, 4) is 11.5 Å². The number of phenolic OH excluding ortho intramolecular Hbond substituents is 1. The SMILES string of the molecule is Cc1cc(N=Nc2c(S(=O)(=O)O)cc3cc(NC(=O)c4ccc(N)cc4)ccc3c2O)c(C)cc1N=Nc1ccc(N=Nc2ccc(S(=O)(=O)O)cc2)cc1OCCCS(=O)(=O)O. The lowest BCUT2D eigenvalue weighted by molar-refractivity contribution is 0.102. The zero-order valence-electron chi connectivity index (χ0n) is 33.0. The van der Waals surface area contributed by atoms with Crippen LogP contribution in [-0.4, -0.2) is 62.3 Å². The smallest absolute Gasteiger partial charge is 0.296 e. The summed E-state index contributed by atoms with van der Waals surface area (Å²) < 4.78 is 104. The predicted octanol–water partition coefficient (Wildman–Crippen LogP) is 9.39. The molecule has 0 atom stereocenters. The number of ether oxygens (including phenoxy) is 1. The van der Waals surface area contributed by atoms with Gasteiger partial charge in [-0.25, -0.2) is 0 Å². The number of hydrogen-bond donors (Lipinski definition) is 6. The maximum Gasteiger partial charge on any atom is 0.296 e. The minimum Gasteiger partial charge on any atom is -0.505 e. The molecule has 0 radical (unpaired) electrons. The number of phenols is 1. The summed E-state index contributed by atoms with van der Waals surface area (Å²) in [7, 11) is -13.6. The van der Waals surface area contributed by atoms with Gasteiger partial charge in [0.1, 0.15) is 22.0 Å². The average molecular weight is 917 g/mol. The standard InChI is InChI=1S/C40H36N8O12S3/c1-23-19-35(47-48-38-37(63(57,58)59)21-26-20-29(10-14-32(26)39(38)49)42-40(50)25-4-6-27(41)7-5-25)24(2)18-34(23)46-45-33-15-11-30(22-36(33)60-16-3-17-61(51,52)53)44-43-28-8-12-31(13-9-28)62(54,55)56/h4-15,18-22,49H,3,16-17,41H2,1-2H3,(H,42,50)(H,51,52,53)(H,54,55,56)(H,57,58,59). The van der Waals surface area contributed by atoms with Crippen molar-refractivity contribution >= 4 is 92.5 Å². The second-order valence-electron chi connectivity index (χ2n) is 13.7. The predicted molar refractivity (Wildman–Crippen MR) is 232 cm³/mol. The number of fused-ring (bicyclic) bond motifs is 1. The first-order valence-corrected chi connectivity index (χ1v) is 22.7. The Bertz CT molecular complexity index is 3180. The third kappa shape index (κ3) is 11.9. The Labute approximate surface area is 360 Å². The van der Waals surface area contributed by atoms with Crippen molar-refractivity contribution in [2.24, 2.45) is 30.7 Å². The first-order valence-electron chi connectivity index (χ1n) is 18.2. The molecule has 6 aromatic rings. The number of nitrogens with one attached hydrogen (secondary N) is 1. The zero-order chi connectivity index (χ0) is 45.7. The lowest BCUT2D eigenvalue weighted by Gasteiger charge is -2.11. The van der Waals surface area contributed by atoms with E-state index in [4.69, 9.17) is 15.0 Å². The Kier molecular flexibility index (Phi) is 13.4. The molecule has 0 saturated heterocycles. The van der Waals surface area contributed by atoms with Crippen molar-refractivity contribution in [2.75, 3.05) is 23.4 Å². The highest BCUT2D eigenvalue weighted by molar-refractivity contribution is 7.86. The largest absolute Gasteiger partial charge is 0.505 e. The molecule has 0 heterocycles. The Morgan fingerprint density at radius 3 is 1.89 bits per heavy atom. The van der Waals surface area contributed by atoms with Gasteiger partial charge >= 0.3 is 0 Å². The van der Waals surface area contributed by atoms with E-state index in [1.165, 1.54) is 60.7 Å². The number of anilines is 2. The summed E-state index contributed by atoms with van der Waals surface area (Å²) in [5.41, 5.74) is 8.58. The number of carbonyl (C=O) groups is 1. The number of hydrogen-bond acceptors (Lipinski definition) is 16. The first kappa shape index (κ1) is 45.5. The van der Waals surface area contributed by atoms with Crippen LogP contribution in [0.1, 0.15) is 27.9 Å². The quantitative estimate of drug-likeness (QED) is 0.0242. The molecule has 0 unspecified atom stereocenters. The fourth-order valence-corrected chi connectivity index (χ4v) is 7.38. The van der Waals surface area contributed by atoms with Crippen molar-refractivity contribution in [2.45, 2.75) is 30.1 Å². The minimum absolute atomic E-state index is 0.0646. The third-order valence-corrected chi connectivity index (χ3v) is 11.5. The number of nitrogen functional groups attached to an aromatic ring is 1. The fraction of sp³-hybridized carbons (Fsp3) is 0.125. The van der Waals surface area contributed by atoms with Crippen LogP contribution in [0.2, 0.25) is 0 Å². The lowest BCUT2D eigenvalue weighted by Crippen LogP contribution is -2.11. The molecule has 1 amide bonds. The normalized spacial score (nSPS) is 12.5. The van der Waals surface area contributed by atoms with Gasteiger partial charge in [-0.3, -0.25) is 18.5 Å². The number of azo groups is 3. The molecule has 20 nitrogen and oxygen atoms in total. The summed E-state index contributed by atoms with van der Waals surface area (Å²) in [6.45, 7) is 3.21. The Balaban J connectivity index is 1.25. The van der Waals surface area contributed by atoms with Crippen molar-refractivity contribution < 1.29 is 53.5 Å². The van der Waals surface area contributed by atoms with Crippen LogP contribution in [0.15, 0.2) is 144 Å². The van der Waals surface area contributed by atoms with E-state index in [2.05, 4.69) is 36.0 Å². The minimum atomic E-state index is -4.96. The molecule has 0 aliphatic heterocycles. The van der Waals surface area contributed by atoms with Crippen LogP contribution < -0.4 is 15.8 Å². The van der Waals surface area contributed by atoms with E-state index >= 15 is 0 Å². The average Bonchev–Trinajstić information content (AvgIpc) is 3.21. The number of rotatable bonds is 15. The van der Waals surface area contributed by atoms with Gasteiger partial charge < -0.3 is 20.9 Å². The highest BCUT2D eigenvalue weighted by Crippen LogP contribution is 2.43. The summed E-state index contributed by atoms with van der Waals surface area (Å²) >= 11 is 0. The number of carbonyl (C=O) groups excluding carboxylic acids is 1. The number of aromatic hydroxyl groups is 1. The van der Waals surface area contributed by atoms with Crippen LogP contribution in [0.5, 0.6) is 11.5 Å². The molecule has 0 aliphatic carbocycles. The summed E-state index contributed by atoms with van der Waals surface area (Å²) in [4.78, 5) is 11.7. The summed E-state index contributed by atoms with van der Waals surface area (Å²) in [5, 5.41) is 39.3. The van der Waals surface area contributed by atoms with Gasteiger partial charge in [-0.2, -0.15) is 45.7 Å². The van der Waals surface area contributed by atoms with Gasteiger partial charge in [0, 0.05) is 28.4 Å². The molecule has 7 N–H and O–H groups in total. The van der Waals surface area contributed by atoms with Gasteiger partial charge in [0.05, 0.1) is 40.0 Å². The number of nitrogens with two attached hydrogens (primary N) is 1. The van der Waals surface area contributed by atoms with Crippen molar-refractivity contribution in [1.82, 2.24) is 0 Å². The number of benzene rings is 6. The van der Waals surface area contributed by atoms with Gasteiger partial charge in [-0.15, -0.1) is 10.2 Å². The monoisotopic (exact) mass is 916 g/mol. The van der Waals surface area contributed by atoms with Gasteiger partial charge in [0.15, 0.2) is 5.75 Å². The topological polar surface area (TPSA) is 322 Å². The molecule has 0 aromatic heterocycles. The van der Waals surface area contributed by atoms with Crippen LogP contribution in [0.3, 0.4) is 0 Å². The van der Waals surface area contributed by atoms with E-state index in [-0.39, 0.29) is 62.9 Å². The van der Waals surface area contributed by atoms with Crippen LogP contribution >= 0.6 is 0 Å². The molecule has 6 rings (SSSR count). The maximum atomic E-state index is 12.8. The lowest BCUT2D eigenvalue weighted by atomic mass is 10.1. The van der Waals surface area contributed by atoms with E-state index in [0.717, 1.165) is 18.2 Å².